The molecule has 2 rings (SSSR count). The first kappa shape index (κ1) is 19.0. The van der Waals surface area contributed by atoms with Gasteiger partial charge in [0.2, 0.25) is 11.7 Å². The largest absolute Gasteiger partial charge is 0.378 e. The number of rotatable bonds is 7. The van der Waals surface area contributed by atoms with Gasteiger partial charge in [-0.3, -0.25) is 19.7 Å². The van der Waals surface area contributed by atoms with Crippen molar-refractivity contribution < 1.29 is 24.0 Å². The smallest absolute Gasteiger partial charge is 0.305 e. The predicted molar refractivity (Wildman–Crippen MR) is 89.3 cm³/mol. The Hall–Kier alpha value is -3.33. The van der Waals surface area contributed by atoms with Gasteiger partial charge in [-0.15, -0.1) is 0 Å². The van der Waals surface area contributed by atoms with E-state index in [-0.39, 0.29) is 12.0 Å². The molecule has 0 radical (unpaired) electrons. The number of aliphatic hydroxyl groups excluding tert-OH is 1. The number of benzene rings is 2. The predicted octanol–water partition coefficient (Wildman–Crippen LogP) is 0.980. The van der Waals surface area contributed by atoms with Gasteiger partial charge < -0.3 is 16.2 Å². The molecule has 0 saturated heterocycles. The zero-order chi connectivity index (χ0) is 19.3. The summed E-state index contributed by atoms with van der Waals surface area (Å²) < 4.78 is 13.4. The normalized spacial score (nSPS) is 12.8. The Balaban J connectivity index is 2.14. The summed E-state index contributed by atoms with van der Waals surface area (Å²) in [5.74, 6) is -2.76. The Morgan fingerprint density at radius 1 is 1.23 bits per heavy atom. The molecule has 2 aromatic carbocycles. The molecular weight excluding hydrogens is 345 g/mol. The first-order chi connectivity index (χ1) is 12.3. The number of aliphatic hydroxyl groups is 1. The average molecular weight is 361 g/mol. The van der Waals surface area contributed by atoms with Gasteiger partial charge in [0, 0.05) is 12.5 Å². The molecule has 0 saturated carbocycles. The van der Waals surface area contributed by atoms with Crippen molar-refractivity contribution in [2.45, 2.75) is 18.6 Å². The molecule has 0 aliphatic rings. The van der Waals surface area contributed by atoms with E-state index >= 15 is 0 Å². The first-order valence-electron chi connectivity index (χ1n) is 7.55. The maximum absolute atomic E-state index is 13.4. The highest BCUT2D eigenvalue weighted by Gasteiger charge is 2.25. The number of primary amides is 1. The number of hydrogen-bond acceptors (Lipinski definition) is 5. The number of halogens is 1. The number of nitrogens with zero attached hydrogens (tertiary/aromatic N) is 1. The van der Waals surface area contributed by atoms with E-state index in [4.69, 9.17) is 5.73 Å². The fourth-order valence-corrected chi connectivity index (χ4v) is 2.32. The molecule has 2 aromatic rings. The van der Waals surface area contributed by atoms with E-state index in [1.807, 2.05) is 0 Å². The van der Waals surface area contributed by atoms with E-state index in [0.29, 0.717) is 5.56 Å². The van der Waals surface area contributed by atoms with Crippen molar-refractivity contribution in [2.24, 2.45) is 5.73 Å². The number of amides is 2. The van der Waals surface area contributed by atoms with Crippen LogP contribution >= 0.6 is 0 Å². The van der Waals surface area contributed by atoms with Crippen LogP contribution in [-0.4, -0.2) is 27.9 Å². The van der Waals surface area contributed by atoms with Gasteiger partial charge in [0.15, 0.2) is 6.10 Å². The van der Waals surface area contributed by atoms with Crippen molar-refractivity contribution in [3.8, 4) is 0 Å². The Bertz CT molecular complexity index is 828. The van der Waals surface area contributed by atoms with Gasteiger partial charge in [-0.1, -0.05) is 36.4 Å². The highest BCUT2D eigenvalue weighted by atomic mass is 19.1. The summed E-state index contributed by atoms with van der Waals surface area (Å²) in [6, 6.07) is 9.92. The number of carbonyl (C=O) groups is 2. The van der Waals surface area contributed by atoms with Crippen LogP contribution in [0.15, 0.2) is 48.5 Å². The van der Waals surface area contributed by atoms with Crippen LogP contribution in [0.2, 0.25) is 0 Å². The quantitative estimate of drug-likeness (QED) is 0.499. The second-order valence-corrected chi connectivity index (χ2v) is 5.52. The van der Waals surface area contributed by atoms with E-state index in [9.17, 15) is 29.2 Å². The van der Waals surface area contributed by atoms with Gasteiger partial charge in [0.05, 0.1) is 4.92 Å². The van der Waals surface area contributed by atoms with Crippen molar-refractivity contribution in [3.05, 3.63) is 75.6 Å². The van der Waals surface area contributed by atoms with Crippen LogP contribution in [0, 0.1) is 15.9 Å². The van der Waals surface area contributed by atoms with Crippen LogP contribution < -0.4 is 11.1 Å². The topological polar surface area (TPSA) is 136 Å². The third-order valence-electron chi connectivity index (χ3n) is 3.67. The van der Waals surface area contributed by atoms with Crippen LogP contribution in [0.25, 0.3) is 0 Å². The molecule has 2 atom stereocenters. The SMILES string of the molecule is NC(=O)[C@@H](Cc1ccc(F)c([N+](=O)[O-])c1)NC(=O)[C@@H](O)c1ccccc1. The summed E-state index contributed by atoms with van der Waals surface area (Å²) in [7, 11) is 0. The lowest BCUT2D eigenvalue weighted by Crippen LogP contribution is -2.47. The standard InChI is InChI=1S/C17H16FN3O5/c18-12-7-6-10(9-14(12)21(25)26)8-13(16(19)23)20-17(24)15(22)11-4-2-1-3-5-11/h1-7,9,13,15,22H,8H2,(H2,19,23)(H,20,24)/t13-,15+/m1/s1. The fraction of sp³-hybridized carbons (Fsp3) is 0.176. The van der Waals surface area contributed by atoms with Gasteiger partial charge in [-0.2, -0.15) is 4.39 Å². The molecule has 0 aliphatic carbocycles. The number of carbonyl (C=O) groups excluding carboxylic acids is 2. The molecule has 2 amide bonds. The molecule has 0 spiro atoms. The molecule has 0 fully saturated rings. The number of hydrogen-bond donors (Lipinski definition) is 3. The molecule has 136 valence electrons. The number of nitrogens with one attached hydrogen (secondary N) is 1. The van der Waals surface area contributed by atoms with Crippen LogP contribution in [0.3, 0.4) is 0 Å². The fourth-order valence-electron chi connectivity index (χ4n) is 2.32. The second-order valence-electron chi connectivity index (χ2n) is 5.52. The van der Waals surface area contributed by atoms with Crippen LogP contribution in [0.4, 0.5) is 10.1 Å². The molecule has 0 unspecified atom stereocenters. The zero-order valence-corrected chi connectivity index (χ0v) is 13.5. The van der Waals surface area contributed by atoms with E-state index in [1.165, 1.54) is 18.2 Å². The minimum absolute atomic E-state index is 0.191. The van der Waals surface area contributed by atoms with Crippen molar-refractivity contribution in [1.29, 1.82) is 0 Å². The monoisotopic (exact) mass is 361 g/mol. The Labute approximate surface area is 147 Å². The molecule has 0 aromatic heterocycles. The van der Waals surface area contributed by atoms with E-state index < -0.39 is 40.4 Å². The van der Waals surface area contributed by atoms with Gasteiger partial charge in [-0.05, 0) is 17.2 Å². The van der Waals surface area contributed by atoms with Gasteiger partial charge in [0.25, 0.3) is 5.91 Å². The Morgan fingerprint density at radius 3 is 2.46 bits per heavy atom. The van der Waals surface area contributed by atoms with Crippen molar-refractivity contribution in [2.75, 3.05) is 0 Å². The zero-order valence-electron chi connectivity index (χ0n) is 13.5. The molecule has 0 heterocycles. The lowest BCUT2D eigenvalue weighted by atomic mass is 10.0. The minimum Gasteiger partial charge on any atom is -0.378 e. The lowest BCUT2D eigenvalue weighted by molar-refractivity contribution is -0.387. The summed E-state index contributed by atoms with van der Waals surface area (Å²) in [4.78, 5) is 33.6. The molecule has 9 heteroatoms. The molecule has 8 nitrogen and oxygen atoms in total. The molecule has 0 aliphatic heterocycles. The molecule has 0 bridgehead atoms. The molecule has 26 heavy (non-hydrogen) atoms. The Kier molecular flexibility index (Phi) is 5.97. The highest BCUT2D eigenvalue weighted by molar-refractivity contribution is 5.89. The van der Waals surface area contributed by atoms with Gasteiger partial charge >= 0.3 is 5.69 Å². The first-order valence-corrected chi connectivity index (χ1v) is 7.55. The van der Waals surface area contributed by atoms with Crippen molar-refractivity contribution >= 4 is 17.5 Å². The number of nitrogens with two attached hydrogens (primary N) is 1. The maximum Gasteiger partial charge on any atom is 0.305 e. The van der Waals surface area contributed by atoms with Crippen molar-refractivity contribution in [1.82, 2.24) is 5.32 Å². The van der Waals surface area contributed by atoms with E-state index in [1.54, 1.807) is 18.2 Å². The summed E-state index contributed by atoms with van der Waals surface area (Å²) in [6.45, 7) is 0. The van der Waals surface area contributed by atoms with Gasteiger partial charge in [0.1, 0.15) is 6.04 Å². The van der Waals surface area contributed by atoms with Crippen LogP contribution in [0.5, 0.6) is 0 Å². The summed E-state index contributed by atoms with van der Waals surface area (Å²) in [6.07, 6.45) is -1.70. The Morgan fingerprint density at radius 2 is 1.88 bits per heavy atom. The third-order valence-corrected chi connectivity index (χ3v) is 3.67. The highest BCUT2D eigenvalue weighted by Crippen LogP contribution is 2.20. The summed E-state index contributed by atoms with van der Waals surface area (Å²) in [5, 5.41) is 23.1. The van der Waals surface area contributed by atoms with Crippen LogP contribution in [0.1, 0.15) is 17.2 Å². The average Bonchev–Trinajstić information content (AvgIpc) is 2.62. The minimum atomic E-state index is -1.51. The third kappa shape index (κ3) is 4.61. The molecular formula is C17H16FN3O5. The summed E-state index contributed by atoms with van der Waals surface area (Å²) in [5.41, 5.74) is 5.06. The van der Waals surface area contributed by atoms with Gasteiger partial charge in [-0.25, -0.2) is 0 Å². The van der Waals surface area contributed by atoms with E-state index in [0.717, 1.165) is 12.1 Å². The lowest BCUT2D eigenvalue weighted by Gasteiger charge is -2.18. The van der Waals surface area contributed by atoms with E-state index in [2.05, 4.69) is 5.32 Å². The number of nitro groups is 1. The van der Waals surface area contributed by atoms with Crippen molar-refractivity contribution in [3.63, 3.8) is 0 Å². The number of nitro benzene ring substituents is 1. The second kappa shape index (κ2) is 8.17. The molecule has 4 N–H and O–H groups in total. The van der Waals surface area contributed by atoms with Crippen LogP contribution in [-0.2, 0) is 16.0 Å². The summed E-state index contributed by atoms with van der Waals surface area (Å²) >= 11 is 0. The maximum atomic E-state index is 13.4.